The number of thioether (sulfide) groups is 1. The van der Waals surface area contributed by atoms with Crippen LogP contribution in [0.1, 0.15) is 30.1 Å². The van der Waals surface area contributed by atoms with E-state index >= 15 is 0 Å². The molecule has 0 aliphatic carbocycles. The van der Waals surface area contributed by atoms with E-state index in [1.807, 2.05) is 11.8 Å². The lowest BCUT2D eigenvalue weighted by molar-refractivity contribution is 0.0529. The lowest BCUT2D eigenvalue weighted by Crippen LogP contribution is -2.10. The fourth-order valence-corrected chi connectivity index (χ4v) is 2.62. The van der Waals surface area contributed by atoms with Gasteiger partial charge in [0.05, 0.1) is 6.61 Å². The van der Waals surface area contributed by atoms with Crippen LogP contribution in [0, 0.1) is 0 Å². The Morgan fingerprint density at radius 1 is 1.56 bits per heavy atom. The lowest BCUT2D eigenvalue weighted by atomic mass is 10.3. The van der Waals surface area contributed by atoms with E-state index in [4.69, 9.17) is 10.5 Å². The highest BCUT2D eigenvalue weighted by atomic mass is 32.2. The summed E-state index contributed by atoms with van der Waals surface area (Å²) in [4.78, 5) is 11.7. The largest absolute Gasteiger partial charge is 0.462 e. The molecule has 0 unspecified atom stereocenters. The molecule has 1 rings (SSSR count). The van der Waals surface area contributed by atoms with Crippen molar-refractivity contribution in [3.8, 4) is 0 Å². The molecule has 7 heteroatoms. The van der Waals surface area contributed by atoms with Crippen LogP contribution in [-0.2, 0) is 4.74 Å². The van der Waals surface area contributed by atoms with E-state index in [2.05, 4.69) is 15.9 Å². The Bertz CT molecular complexity index is 382. The summed E-state index contributed by atoms with van der Waals surface area (Å²) in [6.07, 6.45) is 4.30. The molecule has 0 atom stereocenters. The number of nitrogens with zero attached hydrogens (tertiary/aromatic N) is 1. The molecule has 3 N–H and O–H groups in total. The molecule has 0 spiro atoms. The molecule has 1 aromatic heterocycles. The minimum atomic E-state index is -0.407. The lowest BCUT2D eigenvalue weighted by Gasteiger charge is -2.06. The van der Waals surface area contributed by atoms with E-state index in [0.717, 1.165) is 25.1 Å². The van der Waals surface area contributed by atoms with Gasteiger partial charge >= 0.3 is 5.97 Å². The first-order valence-corrected chi connectivity index (χ1v) is 8.02. The summed E-state index contributed by atoms with van der Waals surface area (Å²) in [5.74, 6) is 0.984. The molecule has 0 aliphatic rings. The zero-order valence-electron chi connectivity index (χ0n) is 10.7. The Balaban J connectivity index is 2.52. The Hall–Kier alpha value is -0.950. The summed E-state index contributed by atoms with van der Waals surface area (Å²) < 4.78 is 8.94. The van der Waals surface area contributed by atoms with Gasteiger partial charge in [-0.25, -0.2) is 4.79 Å². The summed E-state index contributed by atoms with van der Waals surface area (Å²) in [5.41, 5.74) is 6.05. The summed E-state index contributed by atoms with van der Waals surface area (Å²) in [6, 6.07) is 0. The van der Waals surface area contributed by atoms with Gasteiger partial charge in [0.2, 0.25) is 0 Å². The van der Waals surface area contributed by atoms with Crippen molar-refractivity contribution in [2.45, 2.75) is 19.8 Å². The number of hydrogen-bond donors (Lipinski definition) is 2. The van der Waals surface area contributed by atoms with Crippen LogP contribution in [0.4, 0.5) is 10.8 Å². The van der Waals surface area contributed by atoms with E-state index in [9.17, 15) is 4.79 Å². The zero-order valence-corrected chi connectivity index (χ0v) is 12.3. The number of nitrogen functional groups attached to an aromatic ring is 1. The van der Waals surface area contributed by atoms with Crippen molar-refractivity contribution in [2.24, 2.45) is 0 Å². The van der Waals surface area contributed by atoms with Crippen molar-refractivity contribution in [1.82, 2.24) is 4.37 Å². The molecule has 0 fully saturated rings. The molecule has 18 heavy (non-hydrogen) atoms. The number of carbonyl (C=O) groups is 1. The predicted octanol–water partition coefficient (Wildman–Crippen LogP) is 2.46. The first-order chi connectivity index (χ1) is 8.70. The zero-order chi connectivity index (χ0) is 13.4. The summed E-state index contributed by atoms with van der Waals surface area (Å²) in [7, 11) is 0. The SMILES string of the molecule is CCOC(=O)c1c(N)nsc1NCCCCSC. The van der Waals surface area contributed by atoms with Crippen LogP contribution in [0.2, 0.25) is 0 Å². The minimum absolute atomic E-state index is 0.241. The molecule has 0 aliphatic heterocycles. The Morgan fingerprint density at radius 2 is 2.33 bits per heavy atom. The van der Waals surface area contributed by atoms with Gasteiger partial charge in [-0.1, -0.05) is 0 Å². The fourth-order valence-electron chi connectivity index (χ4n) is 1.40. The summed E-state index contributed by atoms with van der Waals surface area (Å²) >= 11 is 3.04. The number of nitrogens with two attached hydrogens (primary N) is 1. The van der Waals surface area contributed by atoms with Crippen molar-refractivity contribution in [3.05, 3.63) is 5.56 Å². The van der Waals surface area contributed by atoms with Crippen LogP contribution in [0.3, 0.4) is 0 Å². The van der Waals surface area contributed by atoms with Crippen molar-refractivity contribution < 1.29 is 9.53 Å². The van der Waals surface area contributed by atoms with E-state index < -0.39 is 5.97 Å². The molecular weight excluding hydrogens is 270 g/mol. The number of hydrogen-bond acceptors (Lipinski definition) is 7. The summed E-state index contributed by atoms with van der Waals surface area (Å²) in [6.45, 7) is 2.92. The molecular formula is C11H19N3O2S2. The van der Waals surface area contributed by atoms with Gasteiger partial charge in [0.15, 0.2) is 5.82 Å². The van der Waals surface area contributed by atoms with Crippen molar-refractivity contribution in [2.75, 3.05) is 36.2 Å². The number of aromatic nitrogens is 1. The van der Waals surface area contributed by atoms with Crippen LogP contribution in [-0.4, -0.2) is 35.5 Å². The van der Waals surface area contributed by atoms with Crippen LogP contribution < -0.4 is 11.1 Å². The van der Waals surface area contributed by atoms with Crippen molar-refractivity contribution in [3.63, 3.8) is 0 Å². The second kappa shape index (κ2) is 8.20. The van der Waals surface area contributed by atoms with E-state index in [1.54, 1.807) is 6.92 Å². The first-order valence-electron chi connectivity index (χ1n) is 5.85. The molecule has 5 nitrogen and oxygen atoms in total. The number of ether oxygens (including phenoxy) is 1. The molecule has 102 valence electrons. The van der Waals surface area contributed by atoms with Gasteiger partial charge in [0.25, 0.3) is 0 Å². The molecule has 0 bridgehead atoms. The predicted molar refractivity (Wildman–Crippen MR) is 78.6 cm³/mol. The third kappa shape index (κ3) is 4.38. The smallest absolute Gasteiger partial charge is 0.344 e. The van der Waals surface area contributed by atoms with Gasteiger partial charge in [-0.05, 0) is 43.3 Å². The third-order valence-corrected chi connectivity index (χ3v) is 3.77. The highest BCUT2D eigenvalue weighted by molar-refractivity contribution is 7.98. The second-order valence-electron chi connectivity index (χ2n) is 3.62. The van der Waals surface area contributed by atoms with Gasteiger partial charge < -0.3 is 15.8 Å². The van der Waals surface area contributed by atoms with Gasteiger partial charge in [-0.3, -0.25) is 0 Å². The van der Waals surface area contributed by atoms with Gasteiger partial charge in [-0.2, -0.15) is 16.1 Å². The quantitative estimate of drug-likeness (QED) is 0.565. The maximum atomic E-state index is 11.7. The molecule has 0 radical (unpaired) electrons. The maximum Gasteiger partial charge on any atom is 0.344 e. The highest BCUT2D eigenvalue weighted by Crippen LogP contribution is 2.27. The van der Waals surface area contributed by atoms with Gasteiger partial charge in [-0.15, -0.1) is 0 Å². The second-order valence-corrected chi connectivity index (χ2v) is 5.38. The topological polar surface area (TPSA) is 77.2 Å². The van der Waals surface area contributed by atoms with Crippen molar-refractivity contribution >= 4 is 40.1 Å². The maximum absolute atomic E-state index is 11.7. The highest BCUT2D eigenvalue weighted by Gasteiger charge is 2.19. The average Bonchev–Trinajstić information content (AvgIpc) is 2.71. The molecule has 1 aromatic rings. The molecule has 0 saturated heterocycles. The number of esters is 1. The Kier molecular flexibility index (Phi) is 6.89. The van der Waals surface area contributed by atoms with E-state index in [-0.39, 0.29) is 5.82 Å². The van der Waals surface area contributed by atoms with Gasteiger partial charge in [0, 0.05) is 6.54 Å². The van der Waals surface area contributed by atoms with Crippen LogP contribution >= 0.6 is 23.3 Å². The van der Waals surface area contributed by atoms with Crippen LogP contribution in [0.5, 0.6) is 0 Å². The van der Waals surface area contributed by atoms with E-state index in [0.29, 0.717) is 17.2 Å². The minimum Gasteiger partial charge on any atom is -0.462 e. The van der Waals surface area contributed by atoms with Gasteiger partial charge in [0.1, 0.15) is 10.6 Å². The molecule has 0 saturated carbocycles. The molecule has 0 amide bonds. The number of unbranched alkanes of at least 4 members (excludes halogenated alkanes) is 1. The molecule has 0 aromatic carbocycles. The first kappa shape index (κ1) is 15.1. The van der Waals surface area contributed by atoms with Crippen molar-refractivity contribution in [1.29, 1.82) is 0 Å². The average molecular weight is 289 g/mol. The number of nitrogens with one attached hydrogen (secondary N) is 1. The summed E-state index contributed by atoms with van der Waals surface area (Å²) in [5, 5.41) is 3.90. The van der Waals surface area contributed by atoms with Crippen LogP contribution in [0.15, 0.2) is 0 Å². The number of carbonyl (C=O) groups excluding carboxylic acids is 1. The van der Waals surface area contributed by atoms with Crippen LogP contribution in [0.25, 0.3) is 0 Å². The number of anilines is 2. The third-order valence-electron chi connectivity index (χ3n) is 2.26. The monoisotopic (exact) mass is 289 g/mol. The normalized spacial score (nSPS) is 10.3. The fraction of sp³-hybridized carbons (Fsp3) is 0.636. The Morgan fingerprint density at radius 3 is 3.00 bits per heavy atom. The van der Waals surface area contributed by atoms with E-state index in [1.165, 1.54) is 11.5 Å². The Labute approximate surface area is 116 Å². The number of rotatable bonds is 8. The molecule has 1 heterocycles. The standard InChI is InChI=1S/C11H19N3O2S2/c1-3-16-11(15)8-9(12)14-18-10(8)13-6-4-5-7-17-2/h13H,3-7H2,1-2H3,(H2,12,14).